The topological polar surface area (TPSA) is 64.3 Å². The lowest BCUT2D eigenvalue weighted by atomic mass is 9.67. The minimum absolute atomic E-state index is 0.103. The number of ketones is 1. The molecule has 1 N–H and O–H groups in total. The molecular formula is C20H24N2O3. The average molecular weight is 340 g/mol. The quantitative estimate of drug-likeness (QED) is 0.908. The third kappa shape index (κ3) is 2.29. The van der Waals surface area contributed by atoms with Gasteiger partial charge in [0.25, 0.3) is 0 Å². The lowest BCUT2D eigenvalue weighted by Crippen LogP contribution is -2.29. The van der Waals surface area contributed by atoms with Gasteiger partial charge in [-0.25, -0.2) is 4.68 Å². The van der Waals surface area contributed by atoms with Crippen LogP contribution in [0.25, 0.3) is 16.5 Å². The van der Waals surface area contributed by atoms with E-state index in [-0.39, 0.29) is 17.8 Å². The minimum Gasteiger partial charge on any atom is -0.396 e. The minimum atomic E-state index is -0.103. The number of hydrogen-bond acceptors (Lipinski definition) is 4. The average Bonchev–Trinajstić information content (AvgIpc) is 3.15. The Morgan fingerprint density at radius 2 is 2.24 bits per heavy atom. The Bertz CT molecular complexity index is 880. The number of methoxy groups -OCH3 is 1. The Kier molecular flexibility index (Phi) is 4.01. The van der Waals surface area contributed by atoms with Crippen LogP contribution < -0.4 is 0 Å². The van der Waals surface area contributed by atoms with Crippen molar-refractivity contribution < 1.29 is 14.6 Å². The molecule has 1 aromatic heterocycles. The van der Waals surface area contributed by atoms with E-state index >= 15 is 0 Å². The zero-order chi connectivity index (χ0) is 17.6. The molecule has 2 aliphatic rings. The molecule has 2 aliphatic carbocycles. The van der Waals surface area contributed by atoms with Crippen molar-refractivity contribution in [3.05, 3.63) is 35.0 Å². The van der Waals surface area contributed by atoms with Crippen LogP contribution in [-0.4, -0.2) is 34.4 Å². The lowest BCUT2D eigenvalue weighted by molar-refractivity contribution is -0.116. The predicted octanol–water partition coefficient (Wildman–Crippen LogP) is 3.09. The maximum absolute atomic E-state index is 12.5. The fourth-order valence-electron chi connectivity index (χ4n) is 4.84. The smallest absolute Gasteiger partial charge is 0.159 e. The summed E-state index contributed by atoms with van der Waals surface area (Å²) in [5.74, 6) is 0.272. The summed E-state index contributed by atoms with van der Waals surface area (Å²) in [7, 11) is 1.66. The number of aliphatic hydroxyl groups excluding tert-OH is 1. The first-order valence-corrected chi connectivity index (χ1v) is 8.99. The summed E-state index contributed by atoms with van der Waals surface area (Å²) >= 11 is 0. The van der Waals surface area contributed by atoms with E-state index in [2.05, 4.69) is 24.2 Å². The predicted molar refractivity (Wildman–Crippen MR) is 96.0 cm³/mol. The molecule has 1 unspecified atom stereocenters. The fraction of sp³-hybridized carbons (Fsp3) is 0.500. The van der Waals surface area contributed by atoms with Crippen LogP contribution in [0.3, 0.4) is 0 Å². The van der Waals surface area contributed by atoms with Crippen molar-refractivity contribution in [2.75, 3.05) is 13.7 Å². The van der Waals surface area contributed by atoms with Crippen LogP contribution in [0, 0.1) is 5.41 Å². The van der Waals surface area contributed by atoms with Gasteiger partial charge in [0.05, 0.1) is 11.7 Å². The number of fused-ring (bicyclic) bond motifs is 5. The third-order valence-corrected chi connectivity index (χ3v) is 5.92. The summed E-state index contributed by atoms with van der Waals surface area (Å²) in [5, 5.41) is 15.3. The third-order valence-electron chi connectivity index (χ3n) is 5.92. The molecule has 1 heterocycles. The van der Waals surface area contributed by atoms with E-state index in [1.165, 1.54) is 16.7 Å². The standard InChI is InChI=1S/C20H24N2O3/c1-3-13-18(24)6-7-20(8-9-23)10-15-14(19(13)20)4-5-17-16(15)11-21-22(17)12-25-2/h4-5,11,23H,3,6-10,12H2,1-2H3. The SMILES string of the molecule is CCC1=C2c3ccc4c(cnn4COC)c3CC2(CCO)CCC1=O. The monoisotopic (exact) mass is 340 g/mol. The van der Waals surface area contributed by atoms with Crippen LogP contribution in [0.5, 0.6) is 0 Å². The lowest BCUT2D eigenvalue weighted by Gasteiger charge is -2.36. The van der Waals surface area contributed by atoms with Gasteiger partial charge in [0.1, 0.15) is 6.73 Å². The number of rotatable bonds is 5. The zero-order valence-electron chi connectivity index (χ0n) is 14.8. The van der Waals surface area contributed by atoms with Gasteiger partial charge in [-0.15, -0.1) is 0 Å². The molecule has 5 nitrogen and oxygen atoms in total. The van der Waals surface area contributed by atoms with Gasteiger partial charge in [0.2, 0.25) is 0 Å². The van der Waals surface area contributed by atoms with Crippen LogP contribution in [-0.2, 0) is 22.7 Å². The Morgan fingerprint density at radius 3 is 2.96 bits per heavy atom. The summed E-state index contributed by atoms with van der Waals surface area (Å²) < 4.78 is 7.09. The molecule has 5 heteroatoms. The first kappa shape index (κ1) is 16.5. The number of aliphatic hydroxyl groups is 1. The molecule has 0 bridgehead atoms. The molecule has 0 saturated heterocycles. The van der Waals surface area contributed by atoms with E-state index in [9.17, 15) is 9.90 Å². The number of Topliss-reactive ketones (excluding diaryl/α,β-unsaturated/α-hetero) is 1. The largest absolute Gasteiger partial charge is 0.396 e. The van der Waals surface area contributed by atoms with Gasteiger partial charge >= 0.3 is 0 Å². The number of allylic oxidation sites excluding steroid dienone is 2. The highest BCUT2D eigenvalue weighted by Gasteiger charge is 2.46. The highest BCUT2D eigenvalue weighted by atomic mass is 16.5. The second-order valence-corrected chi connectivity index (χ2v) is 7.15. The molecule has 0 aliphatic heterocycles. The molecule has 1 atom stereocenters. The van der Waals surface area contributed by atoms with Crippen LogP contribution in [0.15, 0.2) is 23.9 Å². The van der Waals surface area contributed by atoms with Crippen molar-refractivity contribution in [2.24, 2.45) is 5.41 Å². The molecule has 0 spiro atoms. The molecular weight excluding hydrogens is 316 g/mol. The van der Waals surface area contributed by atoms with Crippen molar-refractivity contribution in [1.82, 2.24) is 9.78 Å². The van der Waals surface area contributed by atoms with Gasteiger partial charge in [-0.2, -0.15) is 5.10 Å². The molecule has 0 radical (unpaired) electrons. The van der Waals surface area contributed by atoms with E-state index in [0.717, 1.165) is 35.7 Å². The van der Waals surface area contributed by atoms with Crippen LogP contribution in [0.2, 0.25) is 0 Å². The van der Waals surface area contributed by atoms with Gasteiger partial charge < -0.3 is 9.84 Å². The number of ether oxygens (including phenoxy) is 1. The van der Waals surface area contributed by atoms with E-state index in [1.807, 2.05) is 10.9 Å². The molecule has 4 rings (SSSR count). The summed E-state index contributed by atoms with van der Waals surface area (Å²) in [6.07, 6.45) is 5.67. The summed E-state index contributed by atoms with van der Waals surface area (Å²) in [6.45, 7) is 2.63. The Hall–Kier alpha value is -1.98. The zero-order valence-corrected chi connectivity index (χ0v) is 14.8. The van der Waals surface area contributed by atoms with E-state index in [4.69, 9.17) is 4.74 Å². The van der Waals surface area contributed by atoms with Crippen molar-refractivity contribution in [2.45, 2.75) is 45.8 Å². The van der Waals surface area contributed by atoms with Crippen molar-refractivity contribution in [1.29, 1.82) is 0 Å². The van der Waals surface area contributed by atoms with Crippen molar-refractivity contribution in [3.63, 3.8) is 0 Å². The Balaban J connectivity index is 1.96. The van der Waals surface area contributed by atoms with Gasteiger partial charge in [0.15, 0.2) is 5.78 Å². The maximum Gasteiger partial charge on any atom is 0.159 e. The van der Waals surface area contributed by atoms with E-state index in [1.54, 1.807) is 7.11 Å². The number of carbonyl (C=O) groups is 1. The van der Waals surface area contributed by atoms with E-state index < -0.39 is 0 Å². The van der Waals surface area contributed by atoms with Gasteiger partial charge in [-0.05, 0) is 54.0 Å². The molecule has 132 valence electrons. The highest BCUT2D eigenvalue weighted by Crippen LogP contribution is 2.57. The van der Waals surface area contributed by atoms with E-state index in [0.29, 0.717) is 19.6 Å². The van der Waals surface area contributed by atoms with Crippen LogP contribution >= 0.6 is 0 Å². The second kappa shape index (κ2) is 6.07. The first-order chi connectivity index (χ1) is 12.1. The molecule has 0 fully saturated rings. The summed E-state index contributed by atoms with van der Waals surface area (Å²) in [6, 6.07) is 4.21. The number of carbonyl (C=O) groups excluding carboxylic acids is 1. The van der Waals surface area contributed by atoms with Crippen LogP contribution in [0.1, 0.15) is 43.7 Å². The Morgan fingerprint density at radius 1 is 1.40 bits per heavy atom. The van der Waals surface area contributed by atoms with Crippen molar-refractivity contribution in [3.8, 4) is 0 Å². The first-order valence-electron chi connectivity index (χ1n) is 8.99. The maximum atomic E-state index is 12.5. The molecule has 0 saturated carbocycles. The van der Waals surface area contributed by atoms with Crippen LogP contribution in [0.4, 0.5) is 0 Å². The summed E-state index contributed by atoms with van der Waals surface area (Å²) in [5.41, 5.74) is 5.56. The molecule has 2 aromatic rings. The Labute approximate surface area is 147 Å². The van der Waals surface area contributed by atoms with Gasteiger partial charge in [0, 0.05) is 30.9 Å². The number of benzene rings is 1. The van der Waals surface area contributed by atoms with Gasteiger partial charge in [-0.1, -0.05) is 13.0 Å². The van der Waals surface area contributed by atoms with Crippen molar-refractivity contribution >= 4 is 22.3 Å². The highest BCUT2D eigenvalue weighted by molar-refractivity contribution is 6.07. The molecule has 25 heavy (non-hydrogen) atoms. The number of nitrogens with zero attached hydrogens (tertiary/aromatic N) is 2. The summed E-state index contributed by atoms with van der Waals surface area (Å²) in [4.78, 5) is 12.5. The number of hydrogen-bond donors (Lipinski definition) is 1. The normalized spacial score (nSPS) is 22.6. The van der Waals surface area contributed by atoms with Gasteiger partial charge in [-0.3, -0.25) is 4.79 Å². The second-order valence-electron chi connectivity index (χ2n) is 7.15. The molecule has 1 aromatic carbocycles. The number of aromatic nitrogens is 2. The fourth-order valence-corrected chi connectivity index (χ4v) is 4.84. The molecule has 0 amide bonds.